The number of rotatable bonds is 11. The predicted molar refractivity (Wildman–Crippen MR) is 153 cm³/mol. The number of ether oxygens (including phenoxy) is 1. The van der Waals surface area contributed by atoms with E-state index in [0.717, 1.165) is 15.9 Å². The van der Waals surface area contributed by atoms with Gasteiger partial charge in [-0.25, -0.2) is 9.48 Å². The predicted octanol–water partition coefficient (Wildman–Crippen LogP) is 0.316. The molecule has 0 spiro atoms. The van der Waals surface area contributed by atoms with E-state index in [0.29, 0.717) is 12.1 Å². The van der Waals surface area contributed by atoms with Crippen LogP contribution in [-0.2, 0) is 19.2 Å². The number of hydrogen-bond donors (Lipinski definition) is 4. The summed E-state index contributed by atoms with van der Waals surface area (Å²) in [5, 5.41) is 26.9. The van der Waals surface area contributed by atoms with E-state index >= 15 is 0 Å². The number of carboxylic acid groups (broad SMARTS) is 2. The molecule has 1 aromatic heterocycles. The van der Waals surface area contributed by atoms with Crippen LogP contribution in [0.15, 0.2) is 36.4 Å². The Morgan fingerprint density at radius 1 is 0.979 bits per heavy atom. The van der Waals surface area contributed by atoms with Crippen LogP contribution in [0.3, 0.4) is 0 Å². The molecule has 2 unspecified atom stereocenters. The molecule has 5 amide bonds. The topological polar surface area (TPSA) is 204 Å². The Morgan fingerprint density at radius 2 is 1.64 bits per heavy atom. The number of carbonyl (C=O) groups is 6. The standard InChI is InChI=1S/C28H32F3N7O9/c29-28(30,31)16-32-25(43)20-7-4-8-37(20)21(39)15-47-22-13-18(34-38(22)17-5-2-1-3-6-17)24(42)33-19(14-23(40)41)26(44)35-9-11-36(12-10-35)27(45)46/h1-3,5-6,13,19-20H,4,7-12,14-16H2,(H,32,43)(H,33,42)(H,40,41)(H,45,46). The van der Waals surface area contributed by atoms with Crippen molar-refractivity contribution in [3.63, 3.8) is 0 Å². The molecule has 2 atom stereocenters. The summed E-state index contributed by atoms with van der Waals surface area (Å²) >= 11 is 0. The van der Waals surface area contributed by atoms with Crippen molar-refractivity contribution in [2.24, 2.45) is 0 Å². The molecule has 2 aliphatic rings. The fourth-order valence-corrected chi connectivity index (χ4v) is 5.14. The molecule has 3 heterocycles. The van der Waals surface area contributed by atoms with Crippen LogP contribution >= 0.6 is 0 Å². The van der Waals surface area contributed by atoms with Gasteiger partial charge in [0.2, 0.25) is 17.7 Å². The van der Waals surface area contributed by atoms with Gasteiger partial charge in [-0.15, -0.1) is 0 Å². The van der Waals surface area contributed by atoms with Crippen molar-refractivity contribution in [3.8, 4) is 11.6 Å². The van der Waals surface area contributed by atoms with E-state index < -0.39 is 73.5 Å². The van der Waals surface area contributed by atoms with Gasteiger partial charge in [0, 0.05) is 38.8 Å². The summed E-state index contributed by atoms with van der Waals surface area (Å²) in [6, 6.07) is 6.76. The summed E-state index contributed by atoms with van der Waals surface area (Å²) in [5.74, 6) is -4.81. The van der Waals surface area contributed by atoms with Crippen molar-refractivity contribution < 1.29 is 56.9 Å². The smallest absolute Gasteiger partial charge is 0.407 e. The quantitative estimate of drug-likeness (QED) is 0.258. The zero-order valence-corrected chi connectivity index (χ0v) is 24.8. The normalized spacial score (nSPS) is 17.2. The number of alkyl halides is 3. The molecule has 0 aliphatic carbocycles. The first-order chi connectivity index (χ1) is 22.2. The van der Waals surface area contributed by atoms with Gasteiger partial charge in [0.25, 0.3) is 11.8 Å². The van der Waals surface area contributed by atoms with E-state index in [2.05, 4.69) is 10.4 Å². The lowest BCUT2D eigenvalue weighted by Crippen LogP contribution is -2.56. The number of aromatic nitrogens is 2. The summed E-state index contributed by atoms with van der Waals surface area (Å²) in [7, 11) is 0. The maximum atomic E-state index is 13.3. The van der Waals surface area contributed by atoms with Crippen LogP contribution in [-0.4, -0.2) is 135 Å². The van der Waals surface area contributed by atoms with Crippen LogP contribution in [0.5, 0.6) is 5.88 Å². The fraction of sp³-hybridized carbons (Fsp3) is 0.464. The zero-order chi connectivity index (χ0) is 34.3. The first kappa shape index (κ1) is 34.5. The maximum Gasteiger partial charge on any atom is 0.407 e. The minimum atomic E-state index is -4.62. The average Bonchev–Trinajstić information content (AvgIpc) is 3.70. The molecule has 2 aliphatic heterocycles. The maximum absolute atomic E-state index is 13.3. The van der Waals surface area contributed by atoms with Crippen molar-refractivity contribution in [2.45, 2.75) is 37.5 Å². The second kappa shape index (κ2) is 14.8. The van der Waals surface area contributed by atoms with Crippen LogP contribution in [0.25, 0.3) is 5.69 Å². The molecule has 2 fully saturated rings. The number of amides is 5. The van der Waals surface area contributed by atoms with Crippen LogP contribution in [0.2, 0.25) is 0 Å². The summed E-state index contributed by atoms with van der Waals surface area (Å²) in [5.41, 5.74) is 0.0924. The number of aliphatic carboxylic acids is 1. The third-order valence-corrected chi connectivity index (χ3v) is 7.44. The number of halogens is 3. The Kier molecular flexibility index (Phi) is 10.9. The summed E-state index contributed by atoms with van der Waals surface area (Å²) in [4.78, 5) is 78.0. The number of carboxylic acids is 1. The van der Waals surface area contributed by atoms with Gasteiger partial charge < -0.3 is 40.3 Å². The van der Waals surface area contributed by atoms with Gasteiger partial charge >= 0.3 is 18.2 Å². The number of likely N-dealkylation sites (tertiary alicyclic amines) is 1. The van der Waals surface area contributed by atoms with Gasteiger partial charge in [-0.3, -0.25) is 24.0 Å². The van der Waals surface area contributed by atoms with E-state index in [9.17, 15) is 47.0 Å². The van der Waals surface area contributed by atoms with E-state index in [-0.39, 0.29) is 50.7 Å². The van der Waals surface area contributed by atoms with Crippen molar-refractivity contribution in [3.05, 3.63) is 42.1 Å². The van der Waals surface area contributed by atoms with E-state index in [4.69, 9.17) is 9.84 Å². The van der Waals surface area contributed by atoms with E-state index in [1.165, 1.54) is 9.58 Å². The van der Waals surface area contributed by atoms with Gasteiger partial charge in [0.15, 0.2) is 12.3 Å². The van der Waals surface area contributed by atoms with Gasteiger partial charge in [-0.05, 0) is 25.0 Å². The molecule has 19 heteroatoms. The fourth-order valence-electron chi connectivity index (χ4n) is 5.14. The second-order valence-electron chi connectivity index (χ2n) is 10.7. The van der Waals surface area contributed by atoms with Gasteiger partial charge in [0.1, 0.15) is 18.6 Å². The molecule has 16 nitrogen and oxygen atoms in total. The monoisotopic (exact) mass is 667 g/mol. The second-order valence-corrected chi connectivity index (χ2v) is 10.7. The highest BCUT2D eigenvalue weighted by Crippen LogP contribution is 2.22. The number of nitrogens with zero attached hydrogens (tertiary/aromatic N) is 5. The van der Waals surface area contributed by atoms with Crippen molar-refractivity contribution in [1.29, 1.82) is 0 Å². The number of hydrogen-bond acceptors (Lipinski definition) is 8. The molecule has 4 N–H and O–H groups in total. The summed E-state index contributed by atoms with van der Waals surface area (Å²) in [6.45, 7) is -2.09. The number of nitrogens with one attached hydrogen (secondary N) is 2. The van der Waals surface area contributed by atoms with Crippen molar-refractivity contribution >= 4 is 35.7 Å². The Balaban J connectivity index is 1.48. The number of piperazine rings is 1. The highest BCUT2D eigenvalue weighted by Gasteiger charge is 2.37. The minimum absolute atomic E-state index is 0.00607. The molecular formula is C28H32F3N7O9. The lowest BCUT2D eigenvalue weighted by Gasteiger charge is -2.35. The SMILES string of the molecule is O=C(O)CC(NC(=O)c1cc(OCC(=O)N2CCCC2C(=O)NCC(F)(F)F)n(-c2ccccc2)n1)C(=O)N1CCN(C(=O)O)CC1. The van der Waals surface area contributed by atoms with Gasteiger partial charge in [-0.1, -0.05) is 18.2 Å². The summed E-state index contributed by atoms with van der Waals surface area (Å²) in [6.07, 6.45) is -6.01. The molecule has 0 saturated carbocycles. The van der Waals surface area contributed by atoms with E-state index in [1.54, 1.807) is 35.6 Å². The third kappa shape index (κ3) is 9.10. The number of para-hydroxylation sites is 1. The number of carbonyl (C=O) groups excluding carboxylic acids is 4. The Hall–Kier alpha value is -5.36. The third-order valence-electron chi connectivity index (χ3n) is 7.44. The molecule has 2 saturated heterocycles. The molecule has 4 rings (SSSR count). The lowest BCUT2D eigenvalue weighted by atomic mass is 10.1. The van der Waals surface area contributed by atoms with Crippen LogP contribution in [0, 0.1) is 0 Å². The summed E-state index contributed by atoms with van der Waals surface area (Å²) < 4.78 is 44.6. The molecule has 2 aromatic rings. The zero-order valence-electron chi connectivity index (χ0n) is 24.8. The minimum Gasteiger partial charge on any atom is -0.481 e. The Bertz CT molecular complexity index is 1490. The average molecular weight is 668 g/mol. The first-order valence-electron chi connectivity index (χ1n) is 14.4. The molecule has 0 bridgehead atoms. The Labute approximate surface area is 265 Å². The van der Waals surface area contributed by atoms with E-state index in [1.807, 2.05) is 0 Å². The molecule has 1 aromatic carbocycles. The molecule has 254 valence electrons. The van der Waals surface area contributed by atoms with Gasteiger partial charge in [-0.2, -0.15) is 18.3 Å². The molecular weight excluding hydrogens is 635 g/mol. The molecule has 0 radical (unpaired) electrons. The van der Waals surface area contributed by atoms with Crippen LogP contribution in [0.4, 0.5) is 18.0 Å². The molecule has 47 heavy (non-hydrogen) atoms. The van der Waals surface area contributed by atoms with Crippen molar-refractivity contribution in [2.75, 3.05) is 45.9 Å². The van der Waals surface area contributed by atoms with Crippen LogP contribution in [0.1, 0.15) is 29.8 Å². The highest BCUT2D eigenvalue weighted by atomic mass is 19.4. The van der Waals surface area contributed by atoms with Crippen molar-refractivity contribution in [1.82, 2.24) is 35.1 Å². The lowest BCUT2D eigenvalue weighted by molar-refractivity contribution is -0.145. The first-order valence-corrected chi connectivity index (χ1v) is 14.4. The number of benzene rings is 1. The highest BCUT2D eigenvalue weighted by molar-refractivity contribution is 5.97. The largest absolute Gasteiger partial charge is 0.481 e. The Morgan fingerprint density at radius 3 is 2.26 bits per heavy atom. The van der Waals surface area contributed by atoms with Crippen LogP contribution < -0.4 is 15.4 Å². The van der Waals surface area contributed by atoms with Gasteiger partial charge in [0.05, 0.1) is 12.1 Å².